The number of fused-ring (bicyclic) bond motifs is 2. The first-order valence-electron chi connectivity index (χ1n) is 11.9. The lowest BCUT2D eigenvalue weighted by Gasteiger charge is -2.13. The number of nitrogens with one attached hydrogen (secondary N) is 1. The van der Waals surface area contributed by atoms with E-state index in [0.29, 0.717) is 36.2 Å². The van der Waals surface area contributed by atoms with E-state index in [4.69, 9.17) is 15.5 Å². The van der Waals surface area contributed by atoms with Crippen molar-refractivity contribution in [2.24, 2.45) is 0 Å². The van der Waals surface area contributed by atoms with E-state index in [-0.39, 0.29) is 22.8 Å². The Balaban J connectivity index is 1.55. The number of aryl methyl sites for hydroxylation is 1. The molecule has 37 heavy (non-hydrogen) atoms. The lowest BCUT2D eigenvalue weighted by molar-refractivity contribution is -0.649. The van der Waals surface area contributed by atoms with Crippen LogP contribution >= 0.6 is 0 Å². The molecule has 0 aliphatic rings. The largest absolute Gasteiger partial charge is 0.497 e. The van der Waals surface area contributed by atoms with E-state index in [1.165, 1.54) is 4.40 Å². The van der Waals surface area contributed by atoms with Gasteiger partial charge in [-0.3, -0.25) is 19.0 Å². The molecule has 0 fully saturated rings. The number of ether oxygens (including phenoxy) is 1. The van der Waals surface area contributed by atoms with Crippen LogP contribution in [-0.2, 0) is 13.0 Å². The van der Waals surface area contributed by atoms with E-state index in [0.717, 1.165) is 22.4 Å². The zero-order valence-corrected chi connectivity index (χ0v) is 20.6. The SMILES string of the molecule is COc1ccc(CCNC(=O)c2cc3c(=O)n4cccc(C)c4nc3[n+](Cc3ccncc3)c2N)cc1. The number of hydrogen-bond acceptors (Lipinski definition) is 6. The van der Waals surface area contributed by atoms with Gasteiger partial charge in [-0.1, -0.05) is 23.2 Å². The highest BCUT2D eigenvalue weighted by Gasteiger charge is 2.25. The Morgan fingerprint density at radius 2 is 1.86 bits per heavy atom. The van der Waals surface area contributed by atoms with Crippen molar-refractivity contribution >= 4 is 28.4 Å². The van der Waals surface area contributed by atoms with Crippen molar-refractivity contribution in [1.29, 1.82) is 0 Å². The van der Waals surface area contributed by atoms with Crippen molar-refractivity contribution < 1.29 is 14.1 Å². The van der Waals surface area contributed by atoms with Gasteiger partial charge in [-0.05, 0) is 60.9 Å². The van der Waals surface area contributed by atoms with Gasteiger partial charge in [0.1, 0.15) is 16.7 Å². The zero-order chi connectivity index (χ0) is 25.9. The zero-order valence-electron chi connectivity index (χ0n) is 20.6. The van der Waals surface area contributed by atoms with Crippen molar-refractivity contribution in [2.75, 3.05) is 19.4 Å². The number of benzene rings is 1. The summed E-state index contributed by atoms with van der Waals surface area (Å²) in [7, 11) is 1.62. The first-order valence-corrected chi connectivity index (χ1v) is 11.9. The summed E-state index contributed by atoms with van der Waals surface area (Å²) in [6, 6.07) is 16.6. The van der Waals surface area contributed by atoms with Crippen LogP contribution in [0.4, 0.5) is 5.82 Å². The average molecular weight is 496 g/mol. The summed E-state index contributed by atoms with van der Waals surface area (Å²) in [5, 5.41) is 3.25. The number of pyridine rings is 3. The average Bonchev–Trinajstić information content (AvgIpc) is 2.92. The number of hydrogen-bond donors (Lipinski definition) is 2. The van der Waals surface area contributed by atoms with Gasteiger partial charge in [0.15, 0.2) is 0 Å². The van der Waals surface area contributed by atoms with E-state index in [2.05, 4.69) is 10.3 Å². The summed E-state index contributed by atoms with van der Waals surface area (Å²) in [6.45, 7) is 2.63. The normalized spacial score (nSPS) is 11.1. The lowest BCUT2D eigenvalue weighted by atomic mass is 10.1. The summed E-state index contributed by atoms with van der Waals surface area (Å²) in [5.41, 5.74) is 10.3. The van der Waals surface area contributed by atoms with Gasteiger partial charge < -0.3 is 15.8 Å². The second-order valence-corrected chi connectivity index (χ2v) is 8.78. The number of amides is 1. The number of carbonyl (C=O) groups is 1. The van der Waals surface area contributed by atoms with Gasteiger partial charge >= 0.3 is 0 Å². The van der Waals surface area contributed by atoms with Crippen LogP contribution in [0.3, 0.4) is 0 Å². The quantitative estimate of drug-likeness (QED) is 0.265. The molecule has 1 amide bonds. The lowest BCUT2D eigenvalue weighted by Crippen LogP contribution is -2.43. The molecule has 0 saturated carbocycles. The van der Waals surface area contributed by atoms with Crippen LogP contribution in [-0.4, -0.2) is 33.9 Å². The summed E-state index contributed by atoms with van der Waals surface area (Å²) < 4.78 is 8.41. The molecule has 0 saturated heterocycles. The van der Waals surface area contributed by atoms with Gasteiger partial charge in [0.25, 0.3) is 17.1 Å². The van der Waals surface area contributed by atoms with E-state index in [1.807, 2.05) is 49.4 Å². The predicted molar refractivity (Wildman–Crippen MR) is 141 cm³/mol. The maximum Gasteiger partial charge on any atom is 0.278 e. The minimum Gasteiger partial charge on any atom is -0.497 e. The molecule has 0 bridgehead atoms. The van der Waals surface area contributed by atoms with Crippen molar-refractivity contribution in [3.8, 4) is 5.75 Å². The van der Waals surface area contributed by atoms with Gasteiger partial charge in [-0.25, -0.2) is 4.57 Å². The molecule has 0 spiro atoms. The van der Waals surface area contributed by atoms with E-state index < -0.39 is 0 Å². The van der Waals surface area contributed by atoms with Gasteiger partial charge in [0.2, 0.25) is 11.5 Å². The van der Waals surface area contributed by atoms with Gasteiger partial charge in [0.05, 0.1) is 13.7 Å². The predicted octanol–water partition coefficient (Wildman–Crippen LogP) is 2.45. The van der Waals surface area contributed by atoms with E-state index >= 15 is 0 Å². The Morgan fingerprint density at radius 1 is 1.11 bits per heavy atom. The minimum absolute atomic E-state index is 0.225. The summed E-state index contributed by atoms with van der Waals surface area (Å²) in [6.07, 6.45) is 5.68. The molecular formula is C28H27N6O3+. The highest BCUT2D eigenvalue weighted by molar-refractivity contribution is 6.00. The van der Waals surface area contributed by atoms with E-state index in [1.54, 1.807) is 42.4 Å². The number of aromatic nitrogens is 4. The maximum absolute atomic E-state index is 13.5. The molecule has 0 radical (unpaired) electrons. The van der Waals surface area contributed by atoms with Crippen molar-refractivity contribution in [1.82, 2.24) is 19.7 Å². The molecule has 5 aromatic rings. The molecule has 1 aromatic carbocycles. The van der Waals surface area contributed by atoms with Crippen LogP contribution in [0.5, 0.6) is 5.75 Å². The third-order valence-electron chi connectivity index (χ3n) is 6.37. The molecule has 9 nitrogen and oxygen atoms in total. The van der Waals surface area contributed by atoms with Crippen molar-refractivity contribution in [3.05, 3.63) is 106 Å². The number of nitrogens with two attached hydrogens (primary N) is 1. The second-order valence-electron chi connectivity index (χ2n) is 8.78. The Bertz CT molecular complexity index is 1660. The maximum atomic E-state index is 13.5. The molecule has 0 unspecified atom stereocenters. The first kappa shape index (κ1) is 23.9. The van der Waals surface area contributed by atoms with Crippen LogP contribution in [0.1, 0.15) is 27.0 Å². The fourth-order valence-electron chi connectivity index (χ4n) is 4.33. The molecule has 4 aromatic heterocycles. The van der Waals surface area contributed by atoms with Crippen molar-refractivity contribution in [2.45, 2.75) is 19.9 Å². The minimum atomic E-state index is -0.356. The molecule has 0 aliphatic heterocycles. The van der Waals surface area contributed by atoms with Crippen LogP contribution in [0.2, 0.25) is 0 Å². The van der Waals surface area contributed by atoms with Crippen LogP contribution < -0.4 is 25.9 Å². The third-order valence-corrected chi connectivity index (χ3v) is 6.37. The third kappa shape index (κ3) is 4.71. The summed E-state index contributed by atoms with van der Waals surface area (Å²) >= 11 is 0. The number of nitrogen functional groups attached to an aromatic ring is 1. The number of nitrogens with zero attached hydrogens (tertiary/aromatic N) is 4. The topological polar surface area (TPSA) is 115 Å². The molecule has 5 rings (SSSR count). The molecule has 9 heteroatoms. The van der Waals surface area contributed by atoms with Crippen LogP contribution in [0, 0.1) is 6.92 Å². The van der Waals surface area contributed by atoms with Gasteiger partial charge in [-0.2, -0.15) is 0 Å². The Kier molecular flexibility index (Phi) is 6.51. The Labute approximate surface area is 213 Å². The number of methoxy groups -OCH3 is 1. The Morgan fingerprint density at radius 3 is 2.59 bits per heavy atom. The van der Waals surface area contributed by atoms with Gasteiger partial charge in [0, 0.05) is 30.7 Å². The highest BCUT2D eigenvalue weighted by Crippen LogP contribution is 2.17. The van der Waals surface area contributed by atoms with Crippen LogP contribution in [0.15, 0.2) is 78.0 Å². The fourth-order valence-corrected chi connectivity index (χ4v) is 4.33. The molecular weight excluding hydrogens is 468 g/mol. The number of anilines is 1. The smallest absolute Gasteiger partial charge is 0.278 e. The second kappa shape index (κ2) is 10.1. The first-order chi connectivity index (χ1) is 18.0. The number of carbonyl (C=O) groups excluding carboxylic acids is 1. The molecule has 0 atom stereocenters. The number of rotatable bonds is 7. The molecule has 0 aliphatic carbocycles. The molecule has 3 N–H and O–H groups in total. The fraction of sp³-hybridized carbons (Fsp3) is 0.179. The Hall–Kier alpha value is -4.79. The van der Waals surface area contributed by atoms with Crippen LogP contribution in [0.25, 0.3) is 16.7 Å². The monoisotopic (exact) mass is 495 g/mol. The summed E-state index contributed by atoms with van der Waals surface area (Å²) in [5.74, 6) is 0.652. The van der Waals surface area contributed by atoms with E-state index in [9.17, 15) is 9.59 Å². The summed E-state index contributed by atoms with van der Waals surface area (Å²) in [4.78, 5) is 35.6. The molecule has 186 valence electrons. The van der Waals surface area contributed by atoms with Gasteiger partial charge in [-0.15, -0.1) is 0 Å². The van der Waals surface area contributed by atoms with Crippen molar-refractivity contribution in [3.63, 3.8) is 0 Å². The molecule has 4 heterocycles. The standard InChI is InChI=1S/C28H26N6O3/c1-18-4-3-15-33-25(18)32-26-23(28(33)36)16-22(24(29)34(26)17-20-9-12-30-13-10-20)27(35)31-14-11-19-5-7-21(37-2)8-6-19/h3-10,12-13,15-16,29H,11,14,17H2,1-2H3,(H,31,35)/p+1. The highest BCUT2D eigenvalue weighted by atomic mass is 16.5.